The van der Waals surface area contributed by atoms with E-state index in [1.807, 2.05) is 0 Å². The molecule has 0 N–H and O–H groups in total. The van der Waals surface area contributed by atoms with Gasteiger partial charge in [-0.3, -0.25) is 0 Å². The smallest absolute Gasteiger partial charge is 0.545 e. The Morgan fingerprint density at radius 2 is 0.308 bits per heavy atom. The van der Waals surface area contributed by atoms with E-state index in [9.17, 15) is 79.2 Å². The molecule has 0 aliphatic rings. The van der Waals surface area contributed by atoms with Crippen molar-refractivity contribution in [1.29, 1.82) is 0 Å². The molecule has 4 aromatic carbocycles. The average Bonchev–Trinajstić information content (AvgIpc) is 3.05. The standard InChI is InChI=1S/4C8H6O4.4Zn/c4*9-7(10)5-3-1-2-4-6(5)8(11)12;;;;/h4*1-4H,(H,9,10)(H,11,12);;;;/q;;;;4*+2/p-8. The zero-order chi connectivity index (χ0) is 36.6. The van der Waals surface area contributed by atoms with Gasteiger partial charge in [0, 0.05) is 44.5 Å². The maximum atomic E-state index is 10.3. The minimum absolute atomic E-state index is 0. The Bertz CT molecular complexity index is 1480. The fourth-order valence-corrected chi connectivity index (χ4v) is 3.36. The molecule has 0 amide bonds. The molecule has 248 valence electrons. The third-order valence-electron chi connectivity index (χ3n) is 5.47. The summed E-state index contributed by atoms with van der Waals surface area (Å²) in [5, 5.41) is 82.6. The number of carbonyl (C=O) groups is 8. The van der Waals surface area contributed by atoms with E-state index in [-0.39, 0.29) is 122 Å². The van der Waals surface area contributed by atoms with Crippen LogP contribution in [0.2, 0.25) is 0 Å². The van der Waals surface area contributed by atoms with Gasteiger partial charge >= 0.3 is 77.9 Å². The van der Waals surface area contributed by atoms with Crippen molar-refractivity contribution in [1.82, 2.24) is 0 Å². The van der Waals surface area contributed by atoms with Crippen LogP contribution >= 0.6 is 0 Å². The summed E-state index contributed by atoms with van der Waals surface area (Å²) in [5.41, 5.74) is -2.91. The molecule has 16 nitrogen and oxygen atoms in total. The van der Waals surface area contributed by atoms with Crippen molar-refractivity contribution in [2.24, 2.45) is 0 Å². The summed E-state index contributed by atoms with van der Waals surface area (Å²) in [6.45, 7) is 0. The molecule has 0 heterocycles. The number of carboxylic acids is 8. The van der Waals surface area contributed by atoms with Gasteiger partial charge in [-0.2, -0.15) is 0 Å². The van der Waals surface area contributed by atoms with Gasteiger partial charge in [0.05, 0.1) is 47.8 Å². The quantitative estimate of drug-likeness (QED) is 0.148. The van der Waals surface area contributed by atoms with Crippen molar-refractivity contribution in [3.63, 3.8) is 0 Å². The predicted octanol–water partition coefficient (Wildman–Crippen LogP) is -6.36. The van der Waals surface area contributed by atoms with Crippen molar-refractivity contribution in [2.45, 2.75) is 0 Å². The molecular formula is C32H16O16Zn4. The molecule has 0 radical (unpaired) electrons. The van der Waals surface area contributed by atoms with Gasteiger partial charge in [0.15, 0.2) is 0 Å². The topological polar surface area (TPSA) is 321 Å². The third kappa shape index (κ3) is 17.4. The Morgan fingerprint density at radius 3 is 0.365 bits per heavy atom. The molecule has 0 saturated heterocycles. The van der Waals surface area contributed by atoms with E-state index in [0.717, 1.165) is 48.5 Å². The van der Waals surface area contributed by atoms with Crippen LogP contribution in [0.4, 0.5) is 0 Å². The van der Waals surface area contributed by atoms with E-state index >= 15 is 0 Å². The Kier molecular flexibility index (Phi) is 27.9. The molecule has 0 fully saturated rings. The van der Waals surface area contributed by atoms with Crippen LogP contribution in [-0.4, -0.2) is 47.8 Å². The summed E-state index contributed by atoms with van der Waals surface area (Å²) in [4.78, 5) is 82.6. The van der Waals surface area contributed by atoms with Crippen molar-refractivity contribution in [3.8, 4) is 0 Å². The Labute approximate surface area is 344 Å². The van der Waals surface area contributed by atoms with Gasteiger partial charge in [0.25, 0.3) is 0 Å². The molecule has 0 bridgehead atoms. The first-order valence-corrected chi connectivity index (χ1v) is 12.6. The number of benzene rings is 4. The van der Waals surface area contributed by atoms with Gasteiger partial charge in [-0.15, -0.1) is 0 Å². The molecule has 0 aliphatic heterocycles. The first-order valence-electron chi connectivity index (χ1n) is 12.6. The second kappa shape index (κ2) is 26.9. The van der Waals surface area contributed by atoms with Gasteiger partial charge in [-0.05, 0) is 0 Å². The van der Waals surface area contributed by atoms with Crippen molar-refractivity contribution in [3.05, 3.63) is 142 Å². The third-order valence-corrected chi connectivity index (χ3v) is 5.47. The molecule has 20 heteroatoms. The van der Waals surface area contributed by atoms with E-state index in [1.165, 1.54) is 48.5 Å². The first-order chi connectivity index (χ1) is 22.5. The SMILES string of the molecule is O=C([O-])c1ccccc1C(=O)[O-].O=C([O-])c1ccccc1C(=O)[O-].O=C([O-])c1ccccc1C(=O)[O-].O=C([O-])c1ccccc1C(=O)[O-].[Zn+2].[Zn+2].[Zn+2].[Zn+2]. The Hall–Kier alpha value is -4.87. The fourth-order valence-electron chi connectivity index (χ4n) is 3.36. The van der Waals surface area contributed by atoms with Crippen LogP contribution in [0.15, 0.2) is 97.1 Å². The average molecular weight is 918 g/mol. The summed E-state index contributed by atoms with van der Waals surface area (Å²) < 4.78 is 0. The normalized spacial score (nSPS) is 8.62. The van der Waals surface area contributed by atoms with E-state index in [0.29, 0.717) is 0 Å². The van der Waals surface area contributed by atoms with Gasteiger partial charge in [-0.1, -0.05) is 97.1 Å². The Morgan fingerprint density at radius 1 is 0.231 bits per heavy atom. The number of hydrogen-bond acceptors (Lipinski definition) is 16. The fraction of sp³-hybridized carbons (Fsp3) is 0. The Balaban J connectivity index is -0.000000288. The summed E-state index contributed by atoms with van der Waals surface area (Å²) in [5.74, 6) is -12.1. The number of rotatable bonds is 8. The molecule has 0 spiro atoms. The van der Waals surface area contributed by atoms with Crippen molar-refractivity contribution >= 4 is 47.8 Å². The molecule has 0 saturated carbocycles. The van der Waals surface area contributed by atoms with Crippen LogP contribution in [0, 0.1) is 0 Å². The molecule has 0 aliphatic carbocycles. The van der Waals surface area contributed by atoms with E-state index in [1.54, 1.807) is 0 Å². The second-order valence-electron chi connectivity index (χ2n) is 8.48. The van der Waals surface area contributed by atoms with Crippen LogP contribution in [0.3, 0.4) is 0 Å². The van der Waals surface area contributed by atoms with Crippen molar-refractivity contribution < 1.29 is 157 Å². The molecule has 4 rings (SSSR count). The van der Waals surface area contributed by atoms with E-state index in [4.69, 9.17) is 0 Å². The first kappa shape index (κ1) is 53.9. The molecule has 0 unspecified atom stereocenters. The molecular weight excluding hydrogens is 902 g/mol. The maximum Gasteiger partial charge on any atom is 2.00 e. The largest absolute Gasteiger partial charge is 2.00 e. The number of carboxylic acid groups (broad SMARTS) is 8. The molecule has 52 heavy (non-hydrogen) atoms. The molecule has 0 atom stereocenters. The second-order valence-corrected chi connectivity index (χ2v) is 8.48. The monoisotopic (exact) mass is 912 g/mol. The van der Waals surface area contributed by atoms with E-state index < -0.39 is 47.8 Å². The van der Waals surface area contributed by atoms with Crippen LogP contribution in [0.5, 0.6) is 0 Å². The van der Waals surface area contributed by atoms with Crippen LogP contribution in [0.25, 0.3) is 0 Å². The zero-order valence-corrected chi connectivity index (χ0v) is 38.5. The number of carbonyl (C=O) groups excluding carboxylic acids is 8. The van der Waals surface area contributed by atoms with Gasteiger partial charge in [-0.25, -0.2) is 0 Å². The van der Waals surface area contributed by atoms with Gasteiger partial charge < -0.3 is 79.2 Å². The van der Waals surface area contributed by atoms with Crippen LogP contribution in [0.1, 0.15) is 82.9 Å². The predicted molar refractivity (Wildman–Crippen MR) is 140 cm³/mol. The number of hydrogen-bond donors (Lipinski definition) is 0. The summed E-state index contributed by atoms with van der Waals surface area (Å²) >= 11 is 0. The maximum absolute atomic E-state index is 10.3. The molecule has 0 aromatic heterocycles. The minimum atomic E-state index is -1.52. The summed E-state index contributed by atoms with van der Waals surface area (Å²) in [6, 6.07) is 20.5. The summed E-state index contributed by atoms with van der Waals surface area (Å²) in [6.07, 6.45) is 0. The van der Waals surface area contributed by atoms with Gasteiger partial charge in [0.2, 0.25) is 0 Å². The van der Waals surface area contributed by atoms with Crippen LogP contribution in [-0.2, 0) is 77.9 Å². The minimum Gasteiger partial charge on any atom is -0.545 e. The van der Waals surface area contributed by atoms with Crippen molar-refractivity contribution in [2.75, 3.05) is 0 Å². The van der Waals surface area contributed by atoms with Gasteiger partial charge in [0.1, 0.15) is 0 Å². The zero-order valence-electron chi connectivity index (χ0n) is 26.6. The molecule has 4 aromatic rings. The number of aromatic carboxylic acids is 8. The summed E-state index contributed by atoms with van der Waals surface area (Å²) in [7, 11) is 0. The van der Waals surface area contributed by atoms with E-state index in [2.05, 4.69) is 0 Å². The van der Waals surface area contributed by atoms with Crippen LogP contribution < -0.4 is 40.9 Å².